The van der Waals surface area contributed by atoms with Crippen LogP contribution in [0.25, 0.3) is 0 Å². The molecule has 0 bridgehead atoms. The van der Waals surface area contributed by atoms with E-state index < -0.39 is 0 Å². The molecule has 0 amide bonds. The third kappa shape index (κ3) is 6.74. The molecule has 0 N–H and O–H groups in total. The molecule has 0 atom stereocenters. The molecule has 0 radical (unpaired) electrons. The van der Waals surface area contributed by atoms with Crippen LogP contribution in [-0.4, -0.2) is 37.7 Å². The van der Waals surface area contributed by atoms with Gasteiger partial charge in [0.2, 0.25) is 0 Å². The Bertz CT molecular complexity index is 62.5. The van der Waals surface area contributed by atoms with E-state index in [1.54, 1.807) is 6.92 Å². The van der Waals surface area contributed by atoms with Crippen LogP contribution in [0.2, 0.25) is 0 Å². The molecule has 0 spiro atoms. The second-order valence-electron chi connectivity index (χ2n) is 1.00. The average Bonchev–Trinajstić information content (AvgIpc) is 2.23. The summed E-state index contributed by atoms with van der Waals surface area (Å²) in [7, 11) is 0. The predicted molar refractivity (Wildman–Crippen MR) is 38.4 cm³/mol. The van der Waals surface area contributed by atoms with Crippen molar-refractivity contribution in [2.45, 2.75) is 13.3 Å². The van der Waals surface area contributed by atoms with Crippen molar-refractivity contribution in [3.8, 4) is 0 Å². The Morgan fingerprint density at radius 3 is 2.25 bits per heavy atom. The zero-order chi connectivity index (χ0) is 5.54. The van der Waals surface area contributed by atoms with Crippen molar-refractivity contribution in [3.05, 3.63) is 31.2 Å². The Labute approximate surface area is 81.7 Å². The second kappa shape index (κ2) is 10.7. The molecular formula is C7H10Ca. The summed E-state index contributed by atoms with van der Waals surface area (Å²) in [6.07, 6.45) is 10.0. The Morgan fingerprint density at radius 1 is 1.50 bits per heavy atom. The third-order valence-electron chi connectivity index (χ3n) is 0.586. The normalized spacial score (nSPS) is 11.8. The van der Waals surface area contributed by atoms with E-state index >= 15 is 0 Å². The van der Waals surface area contributed by atoms with Crippen molar-refractivity contribution in [2.24, 2.45) is 0 Å². The number of allylic oxidation sites excluding steroid dienone is 4. The number of hydrogen-bond donors (Lipinski definition) is 0. The summed E-state index contributed by atoms with van der Waals surface area (Å²) in [5.74, 6) is 0. The van der Waals surface area contributed by atoms with Gasteiger partial charge in [0.1, 0.15) is 0 Å². The summed E-state index contributed by atoms with van der Waals surface area (Å²) in [4.78, 5) is 0. The summed E-state index contributed by atoms with van der Waals surface area (Å²) in [5, 5.41) is 0. The second-order valence-corrected chi connectivity index (χ2v) is 1.00. The first-order valence-corrected chi connectivity index (χ1v) is 2.42. The molecule has 0 aromatic heterocycles. The van der Waals surface area contributed by atoms with Crippen LogP contribution in [0.4, 0.5) is 0 Å². The van der Waals surface area contributed by atoms with Gasteiger partial charge in [0.25, 0.3) is 0 Å². The standard InChI is InChI=1S/C5H5.C2H5.Ca/c1-2-4-5-3-1;1-2;/h1-3H,4H2;1H2,2H3;/q2*-1;+2. The molecule has 0 saturated carbocycles. The van der Waals surface area contributed by atoms with Gasteiger partial charge >= 0.3 is 37.7 Å². The number of hydrogen-bond acceptors (Lipinski definition) is 0. The zero-order valence-electron chi connectivity index (χ0n) is 5.35. The third-order valence-corrected chi connectivity index (χ3v) is 0.586. The molecule has 0 aliphatic heterocycles. The van der Waals surface area contributed by atoms with Gasteiger partial charge in [0, 0.05) is 0 Å². The maximum atomic E-state index is 3.25. The van der Waals surface area contributed by atoms with E-state index in [1.807, 2.05) is 12.2 Å². The van der Waals surface area contributed by atoms with Crippen LogP contribution in [0.1, 0.15) is 13.3 Å². The molecule has 0 nitrogen and oxygen atoms in total. The Kier molecular flexibility index (Phi) is 15.4. The zero-order valence-corrected chi connectivity index (χ0v) is 7.56. The van der Waals surface area contributed by atoms with Crippen LogP contribution < -0.4 is 0 Å². The van der Waals surface area contributed by atoms with Crippen molar-refractivity contribution >= 4 is 37.7 Å². The Hall–Kier alpha value is 0.740. The number of rotatable bonds is 0. The van der Waals surface area contributed by atoms with Gasteiger partial charge in [-0.25, -0.2) is 12.2 Å². The van der Waals surface area contributed by atoms with Crippen molar-refractivity contribution in [3.63, 3.8) is 0 Å². The van der Waals surface area contributed by atoms with Crippen molar-refractivity contribution < 1.29 is 0 Å². The van der Waals surface area contributed by atoms with Crippen LogP contribution >= 0.6 is 0 Å². The van der Waals surface area contributed by atoms with Crippen LogP contribution in [0.5, 0.6) is 0 Å². The van der Waals surface area contributed by atoms with Gasteiger partial charge in [-0.05, 0) is 0 Å². The summed E-state index contributed by atoms with van der Waals surface area (Å²) < 4.78 is 0. The van der Waals surface area contributed by atoms with Gasteiger partial charge in [-0.15, -0.1) is 6.42 Å². The molecule has 0 heterocycles. The molecule has 0 aromatic rings. The summed E-state index contributed by atoms with van der Waals surface area (Å²) in [6, 6.07) is 0. The van der Waals surface area contributed by atoms with E-state index in [4.69, 9.17) is 0 Å². The molecule has 1 aliphatic carbocycles. The fraction of sp³-hybridized carbons (Fsp3) is 0.286. The smallest absolute Gasteiger partial charge is 0.346 e. The SMILES string of the molecule is [C-]1=CC=CC1.[CH2-]C.[Ca+2]. The van der Waals surface area contributed by atoms with E-state index in [-0.39, 0.29) is 37.7 Å². The van der Waals surface area contributed by atoms with E-state index in [1.165, 1.54) is 0 Å². The maximum absolute atomic E-state index is 3.25. The van der Waals surface area contributed by atoms with Crippen LogP contribution in [0.3, 0.4) is 0 Å². The molecule has 8 heavy (non-hydrogen) atoms. The molecule has 0 fully saturated rings. The van der Waals surface area contributed by atoms with Crippen LogP contribution in [-0.2, 0) is 0 Å². The predicted octanol–water partition coefficient (Wildman–Crippen LogP) is 1.77. The summed E-state index contributed by atoms with van der Waals surface area (Å²) in [6.45, 7) is 5.00. The maximum Gasteiger partial charge on any atom is 2.00 e. The van der Waals surface area contributed by atoms with Gasteiger partial charge in [0.05, 0.1) is 0 Å². The molecule has 0 unspecified atom stereocenters. The minimum atomic E-state index is 0. The average molecular weight is 134 g/mol. The first kappa shape index (κ1) is 11.5. The molecule has 0 saturated heterocycles. The Morgan fingerprint density at radius 2 is 2.12 bits per heavy atom. The molecule has 1 rings (SSSR count). The first-order chi connectivity index (χ1) is 3.50. The minimum absolute atomic E-state index is 0. The molecule has 1 aliphatic rings. The topological polar surface area (TPSA) is 0 Å². The van der Waals surface area contributed by atoms with Gasteiger partial charge in [0.15, 0.2) is 0 Å². The molecule has 40 valence electrons. The largest absolute Gasteiger partial charge is 2.00 e. The first-order valence-electron chi connectivity index (χ1n) is 2.42. The monoisotopic (exact) mass is 134 g/mol. The molecule has 0 aromatic carbocycles. The molecular weight excluding hydrogens is 124 g/mol. The van der Waals surface area contributed by atoms with Gasteiger partial charge in [-0.1, -0.05) is 0 Å². The van der Waals surface area contributed by atoms with E-state index in [0.29, 0.717) is 0 Å². The van der Waals surface area contributed by atoms with Crippen molar-refractivity contribution in [2.75, 3.05) is 0 Å². The van der Waals surface area contributed by atoms with Crippen LogP contribution in [0, 0.1) is 13.0 Å². The summed E-state index contributed by atoms with van der Waals surface area (Å²) >= 11 is 0. The van der Waals surface area contributed by atoms with E-state index in [2.05, 4.69) is 19.1 Å². The minimum Gasteiger partial charge on any atom is -0.346 e. The van der Waals surface area contributed by atoms with E-state index in [0.717, 1.165) is 6.42 Å². The van der Waals surface area contributed by atoms with Crippen molar-refractivity contribution in [1.82, 2.24) is 0 Å². The fourth-order valence-corrected chi connectivity index (χ4v) is 0.340. The van der Waals surface area contributed by atoms with Gasteiger partial charge in [-0.3, -0.25) is 6.08 Å². The van der Waals surface area contributed by atoms with Gasteiger partial charge in [-0.2, -0.15) is 13.0 Å². The fourth-order valence-electron chi connectivity index (χ4n) is 0.340. The summed E-state index contributed by atoms with van der Waals surface area (Å²) in [5.41, 5.74) is 0. The Balaban J connectivity index is 0. The quantitative estimate of drug-likeness (QED) is 0.350. The van der Waals surface area contributed by atoms with Crippen molar-refractivity contribution in [1.29, 1.82) is 0 Å². The molecule has 1 heteroatoms. The van der Waals surface area contributed by atoms with Gasteiger partial charge < -0.3 is 6.92 Å². The van der Waals surface area contributed by atoms with Crippen LogP contribution in [0.15, 0.2) is 18.2 Å². The van der Waals surface area contributed by atoms with E-state index in [9.17, 15) is 0 Å².